The maximum absolute atomic E-state index is 7.15. The lowest BCUT2D eigenvalue weighted by atomic mass is 9.76. The fourth-order valence-corrected chi connectivity index (χ4v) is 14.4. The van der Waals surface area contributed by atoms with Crippen molar-refractivity contribution in [2.75, 3.05) is 0 Å². The van der Waals surface area contributed by atoms with Crippen LogP contribution in [0.4, 0.5) is 0 Å². The summed E-state index contributed by atoms with van der Waals surface area (Å²) >= 11 is 0. The Hall–Kier alpha value is -0.900. The van der Waals surface area contributed by atoms with Gasteiger partial charge in [-0.2, -0.15) is 0 Å². The highest BCUT2D eigenvalue weighted by Crippen LogP contribution is 2.64. The SMILES string of the molecule is CC1(C)c2cccc(P(C(C)(C)C)C(C)(C)C)c2Oc2c(P(C(C)(C)C)C(C)(C)C)cccc21. The van der Waals surface area contributed by atoms with Crippen LogP contribution in [0.25, 0.3) is 0 Å². The largest absolute Gasteiger partial charge is 0.455 e. The van der Waals surface area contributed by atoms with Crippen molar-refractivity contribution in [1.29, 1.82) is 0 Å². The van der Waals surface area contributed by atoms with E-state index in [0.29, 0.717) is 0 Å². The molecular formula is C31H48OP2. The Bertz CT molecular complexity index is 941. The van der Waals surface area contributed by atoms with Gasteiger partial charge < -0.3 is 4.74 Å². The first kappa shape index (κ1) is 27.7. The number of benzene rings is 2. The summed E-state index contributed by atoms with van der Waals surface area (Å²) in [6.07, 6.45) is 0. The van der Waals surface area contributed by atoms with Crippen molar-refractivity contribution in [1.82, 2.24) is 0 Å². The van der Waals surface area contributed by atoms with Gasteiger partial charge in [0.2, 0.25) is 0 Å². The number of fused-ring (bicyclic) bond motifs is 2. The van der Waals surface area contributed by atoms with Crippen LogP contribution in [0.1, 0.15) is 108 Å². The van der Waals surface area contributed by atoms with Gasteiger partial charge in [-0.1, -0.05) is 149 Å². The van der Waals surface area contributed by atoms with Gasteiger partial charge in [0.25, 0.3) is 0 Å². The first-order valence-electron chi connectivity index (χ1n) is 12.7. The molecule has 1 aliphatic rings. The summed E-state index contributed by atoms with van der Waals surface area (Å²) in [6, 6.07) is 13.8. The van der Waals surface area contributed by atoms with Gasteiger partial charge in [0.05, 0.1) is 0 Å². The molecule has 0 unspecified atom stereocenters. The van der Waals surface area contributed by atoms with Crippen molar-refractivity contribution in [3.8, 4) is 11.5 Å². The number of ether oxygens (including phenoxy) is 1. The molecule has 0 N–H and O–H groups in total. The van der Waals surface area contributed by atoms with Gasteiger partial charge >= 0.3 is 0 Å². The van der Waals surface area contributed by atoms with Gasteiger partial charge in [0.1, 0.15) is 11.5 Å². The van der Waals surface area contributed by atoms with Gasteiger partial charge in [-0.3, -0.25) is 0 Å². The standard InChI is InChI=1S/C31H48OP2/c1-27(2,3)33(28(4,5)6)23-19-15-17-21-25(23)32-26-22(31(21,13)14)18-16-20-24(26)34(29(7,8)9)30(10,11)12/h15-20H,1-14H3. The van der Waals surface area contributed by atoms with E-state index >= 15 is 0 Å². The highest BCUT2D eigenvalue weighted by molar-refractivity contribution is 7.69. The predicted molar refractivity (Wildman–Crippen MR) is 157 cm³/mol. The molecule has 3 heteroatoms. The number of rotatable bonds is 2. The van der Waals surface area contributed by atoms with Crippen LogP contribution < -0.4 is 15.3 Å². The molecule has 2 aromatic rings. The second-order valence-electron chi connectivity index (χ2n) is 14.4. The molecule has 0 bridgehead atoms. The number of para-hydroxylation sites is 2. The van der Waals surface area contributed by atoms with E-state index in [1.165, 1.54) is 21.7 Å². The summed E-state index contributed by atoms with van der Waals surface area (Å²) in [5.74, 6) is 2.25. The third-order valence-electron chi connectivity index (χ3n) is 6.70. The molecule has 0 amide bonds. The zero-order valence-electron chi connectivity index (χ0n) is 24.3. The van der Waals surface area contributed by atoms with Crippen molar-refractivity contribution in [2.24, 2.45) is 0 Å². The van der Waals surface area contributed by atoms with Crippen LogP contribution in [0.15, 0.2) is 36.4 Å². The van der Waals surface area contributed by atoms with Crippen molar-refractivity contribution in [2.45, 2.75) is 123 Å². The fourth-order valence-electron chi connectivity index (χ4n) is 6.31. The molecule has 34 heavy (non-hydrogen) atoms. The van der Waals surface area contributed by atoms with E-state index in [1.54, 1.807) is 0 Å². The smallest absolute Gasteiger partial charge is 0.139 e. The summed E-state index contributed by atoms with van der Waals surface area (Å²) in [5, 5.41) is 3.55. The molecule has 0 fully saturated rings. The summed E-state index contributed by atoms with van der Waals surface area (Å²) in [5.41, 5.74) is 2.54. The van der Waals surface area contributed by atoms with Crippen LogP contribution in [0.2, 0.25) is 0 Å². The third-order valence-corrected chi connectivity index (χ3v) is 13.7. The lowest BCUT2D eigenvalue weighted by Gasteiger charge is -2.46. The fraction of sp³-hybridized carbons (Fsp3) is 0.613. The summed E-state index contributed by atoms with van der Waals surface area (Å²) in [7, 11) is -0.946. The Morgan fingerprint density at radius 1 is 0.529 bits per heavy atom. The number of hydrogen-bond acceptors (Lipinski definition) is 1. The Labute approximate surface area is 213 Å². The second-order valence-corrected chi connectivity index (χ2v) is 22.1. The quantitative estimate of drug-likeness (QED) is 0.375. The molecule has 188 valence electrons. The molecule has 1 heterocycles. The molecule has 0 radical (unpaired) electrons. The summed E-state index contributed by atoms with van der Waals surface area (Å²) < 4.78 is 7.15. The average molecular weight is 499 g/mol. The van der Waals surface area contributed by atoms with Crippen molar-refractivity contribution in [3.63, 3.8) is 0 Å². The normalized spacial score (nSPS) is 16.4. The highest BCUT2D eigenvalue weighted by Gasteiger charge is 2.44. The van der Waals surface area contributed by atoms with Crippen LogP contribution in [0.3, 0.4) is 0 Å². The van der Waals surface area contributed by atoms with E-state index in [0.717, 1.165) is 11.5 Å². The van der Waals surface area contributed by atoms with Gasteiger partial charge in [0.15, 0.2) is 0 Å². The molecule has 1 aliphatic heterocycles. The van der Waals surface area contributed by atoms with Gasteiger partial charge in [-0.15, -0.1) is 0 Å². The van der Waals surface area contributed by atoms with Crippen LogP contribution in [0.5, 0.6) is 11.5 Å². The topological polar surface area (TPSA) is 9.23 Å². The monoisotopic (exact) mass is 498 g/mol. The van der Waals surface area contributed by atoms with Crippen LogP contribution in [-0.2, 0) is 5.41 Å². The molecule has 0 saturated carbocycles. The molecule has 0 spiro atoms. The molecule has 3 rings (SSSR count). The van der Waals surface area contributed by atoms with E-state index in [-0.39, 0.29) is 26.0 Å². The van der Waals surface area contributed by atoms with Crippen LogP contribution in [0, 0.1) is 0 Å². The maximum atomic E-state index is 7.15. The molecule has 1 nitrogen and oxygen atoms in total. The van der Waals surface area contributed by atoms with Crippen LogP contribution >= 0.6 is 15.8 Å². The van der Waals surface area contributed by atoms with Crippen molar-refractivity contribution >= 4 is 26.5 Å². The van der Waals surface area contributed by atoms with Gasteiger partial charge in [0, 0.05) is 27.2 Å². The van der Waals surface area contributed by atoms with E-state index in [4.69, 9.17) is 4.74 Å². The minimum absolute atomic E-state index is 0.109. The minimum atomic E-state index is -0.473. The average Bonchev–Trinajstić information content (AvgIpc) is 2.58. The Morgan fingerprint density at radius 2 is 0.824 bits per heavy atom. The summed E-state index contributed by atoms with van der Waals surface area (Å²) in [6.45, 7) is 33.5. The predicted octanol–water partition coefficient (Wildman–Crippen LogP) is 9.53. The lowest BCUT2D eigenvalue weighted by molar-refractivity contribution is 0.424. The highest BCUT2D eigenvalue weighted by atomic mass is 31.1. The first-order chi connectivity index (χ1) is 15.2. The van der Waals surface area contributed by atoms with Crippen molar-refractivity contribution < 1.29 is 4.74 Å². The molecule has 0 atom stereocenters. The first-order valence-corrected chi connectivity index (χ1v) is 15.4. The Balaban J connectivity index is 2.35. The van der Waals surface area contributed by atoms with Crippen molar-refractivity contribution in [3.05, 3.63) is 47.5 Å². The Morgan fingerprint density at radius 3 is 1.09 bits per heavy atom. The zero-order valence-corrected chi connectivity index (χ0v) is 26.1. The minimum Gasteiger partial charge on any atom is -0.455 e. The summed E-state index contributed by atoms with van der Waals surface area (Å²) in [4.78, 5) is 0. The second kappa shape index (κ2) is 8.60. The zero-order chi connectivity index (χ0) is 26.1. The van der Waals surface area contributed by atoms with Gasteiger partial charge in [-0.25, -0.2) is 0 Å². The lowest BCUT2D eigenvalue weighted by Crippen LogP contribution is -2.37. The maximum Gasteiger partial charge on any atom is 0.139 e. The van der Waals surface area contributed by atoms with E-state index in [9.17, 15) is 0 Å². The Kier molecular flexibility index (Phi) is 7.00. The molecule has 2 aromatic carbocycles. The van der Waals surface area contributed by atoms with E-state index in [1.807, 2.05) is 0 Å². The third kappa shape index (κ3) is 5.00. The van der Waals surface area contributed by atoms with E-state index < -0.39 is 15.8 Å². The number of hydrogen-bond donors (Lipinski definition) is 0. The molecular weight excluding hydrogens is 450 g/mol. The van der Waals surface area contributed by atoms with Gasteiger partial charge in [-0.05, 0) is 20.6 Å². The molecule has 0 aliphatic carbocycles. The molecule has 0 saturated heterocycles. The van der Waals surface area contributed by atoms with Crippen LogP contribution in [-0.4, -0.2) is 20.6 Å². The van der Waals surface area contributed by atoms with E-state index in [2.05, 4.69) is 133 Å². The molecule has 0 aromatic heterocycles.